The molecule has 1 N–H and O–H groups in total. The molecule has 0 aliphatic heterocycles. The van der Waals surface area contributed by atoms with Crippen LogP contribution in [0.3, 0.4) is 0 Å². The first-order valence-electron chi connectivity index (χ1n) is 9.47. The van der Waals surface area contributed by atoms with Crippen molar-refractivity contribution in [1.82, 2.24) is 24.8 Å². The summed E-state index contributed by atoms with van der Waals surface area (Å²) in [6, 6.07) is 14.0. The Balaban J connectivity index is 1.41. The van der Waals surface area contributed by atoms with Crippen LogP contribution in [0.15, 0.2) is 66.1 Å². The number of carbonyl (C=O) groups excluding carboxylic acids is 2. The summed E-state index contributed by atoms with van der Waals surface area (Å²) in [5.41, 5.74) is 3.28. The van der Waals surface area contributed by atoms with Crippen molar-refractivity contribution < 1.29 is 14.3 Å². The molecule has 0 radical (unpaired) electrons. The van der Waals surface area contributed by atoms with Crippen LogP contribution in [-0.4, -0.2) is 49.0 Å². The Morgan fingerprint density at radius 3 is 2.55 bits per heavy atom. The number of ether oxygens (including phenoxy) is 1. The minimum Gasteiger partial charge on any atom is -0.462 e. The number of hydrogen-bond donors (Lipinski definition) is 1. The van der Waals surface area contributed by atoms with E-state index >= 15 is 0 Å². The van der Waals surface area contributed by atoms with Crippen molar-refractivity contribution in [2.75, 3.05) is 17.7 Å². The van der Waals surface area contributed by atoms with Crippen LogP contribution in [-0.2, 0) is 9.53 Å². The van der Waals surface area contributed by atoms with Crippen molar-refractivity contribution in [2.45, 2.75) is 12.1 Å². The number of pyridine rings is 1. The van der Waals surface area contributed by atoms with Gasteiger partial charge in [-0.3, -0.25) is 9.78 Å². The van der Waals surface area contributed by atoms with Crippen LogP contribution in [0.4, 0.5) is 5.69 Å². The number of benzene rings is 1. The van der Waals surface area contributed by atoms with Crippen molar-refractivity contribution in [3.63, 3.8) is 0 Å². The summed E-state index contributed by atoms with van der Waals surface area (Å²) in [5.74, 6) is -0.481. The number of nitrogens with zero attached hydrogens (tertiary/aromatic N) is 5. The van der Waals surface area contributed by atoms with E-state index in [2.05, 4.69) is 25.6 Å². The number of anilines is 1. The zero-order valence-corrected chi connectivity index (χ0v) is 17.4. The molecule has 3 heterocycles. The topological polar surface area (TPSA) is 111 Å². The lowest BCUT2D eigenvalue weighted by Crippen LogP contribution is -2.14. The fourth-order valence-electron chi connectivity index (χ4n) is 2.77. The lowest BCUT2D eigenvalue weighted by Gasteiger charge is -2.06. The van der Waals surface area contributed by atoms with Crippen LogP contribution in [0.25, 0.3) is 16.9 Å². The molecule has 0 bridgehead atoms. The smallest absolute Gasteiger partial charge is 0.338 e. The Bertz CT molecular complexity index is 1210. The Kier molecular flexibility index (Phi) is 6.18. The van der Waals surface area contributed by atoms with Gasteiger partial charge in [-0.15, -0.1) is 10.2 Å². The molecular weight excluding hydrogens is 416 g/mol. The van der Waals surface area contributed by atoms with Gasteiger partial charge in [0, 0.05) is 23.6 Å². The lowest BCUT2D eigenvalue weighted by molar-refractivity contribution is -0.113. The van der Waals surface area contributed by atoms with Crippen molar-refractivity contribution in [1.29, 1.82) is 0 Å². The van der Waals surface area contributed by atoms with Crippen LogP contribution in [0.5, 0.6) is 0 Å². The number of amides is 1. The normalized spacial score (nSPS) is 10.7. The van der Waals surface area contributed by atoms with E-state index in [1.54, 1.807) is 48.1 Å². The maximum Gasteiger partial charge on any atom is 0.338 e. The summed E-state index contributed by atoms with van der Waals surface area (Å²) >= 11 is 1.23. The maximum atomic E-state index is 12.3. The van der Waals surface area contributed by atoms with Gasteiger partial charge >= 0.3 is 5.97 Å². The molecule has 0 saturated heterocycles. The molecule has 3 aromatic heterocycles. The highest BCUT2D eigenvalue weighted by atomic mass is 32.2. The Morgan fingerprint density at radius 2 is 1.81 bits per heavy atom. The third-order valence-electron chi connectivity index (χ3n) is 4.22. The number of hydrogen-bond acceptors (Lipinski definition) is 8. The van der Waals surface area contributed by atoms with E-state index in [0.29, 0.717) is 28.7 Å². The van der Waals surface area contributed by atoms with E-state index in [1.807, 2.05) is 24.3 Å². The molecule has 0 aliphatic rings. The fourth-order valence-corrected chi connectivity index (χ4v) is 3.45. The first kappa shape index (κ1) is 20.5. The molecule has 156 valence electrons. The van der Waals surface area contributed by atoms with Gasteiger partial charge < -0.3 is 10.1 Å². The van der Waals surface area contributed by atoms with Crippen molar-refractivity contribution >= 4 is 35.0 Å². The van der Waals surface area contributed by atoms with Crippen molar-refractivity contribution in [3.05, 3.63) is 66.5 Å². The van der Waals surface area contributed by atoms with Crippen molar-refractivity contribution in [3.8, 4) is 11.3 Å². The molecular formula is C21H18N6O3S. The van der Waals surface area contributed by atoms with E-state index in [-0.39, 0.29) is 11.7 Å². The predicted octanol–water partition coefficient (Wildman–Crippen LogP) is 3.09. The van der Waals surface area contributed by atoms with Crippen LogP contribution in [0.1, 0.15) is 17.3 Å². The molecule has 0 atom stereocenters. The first-order valence-corrected chi connectivity index (χ1v) is 10.5. The van der Waals surface area contributed by atoms with Gasteiger partial charge in [0.25, 0.3) is 0 Å². The highest BCUT2D eigenvalue weighted by Gasteiger charge is 2.12. The second-order valence-electron chi connectivity index (χ2n) is 6.34. The number of aromatic nitrogens is 5. The lowest BCUT2D eigenvalue weighted by atomic mass is 10.2. The summed E-state index contributed by atoms with van der Waals surface area (Å²) in [7, 11) is 0. The molecule has 1 amide bonds. The quantitative estimate of drug-likeness (QED) is 0.349. The highest BCUT2D eigenvalue weighted by Crippen LogP contribution is 2.20. The molecule has 0 saturated carbocycles. The van der Waals surface area contributed by atoms with E-state index in [0.717, 1.165) is 11.3 Å². The first-order chi connectivity index (χ1) is 15.1. The molecule has 0 aliphatic carbocycles. The molecule has 31 heavy (non-hydrogen) atoms. The summed E-state index contributed by atoms with van der Waals surface area (Å²) in [5, 5.41) is 16.1. The standard InChI is InChI=1S/C21H18N6O3S/c1-2-30-20(29)15-3-5-16(6-4-15)23-19(28)13-31-21-25-24-18-8-7-17(26-27(18)21)14-9-11-22-12-10-14/h3-12H,2,13H2,1H3,(H,23,28). The van der Waals surface area contributed by atoms with Crippen molar-refractivity contribution in [2.24, 2.45) is 0 Å². The fraction of sp³-hybridized carbons (Fsp3) is 0.143. The average Bonchev–Trinajstić information content (AvgIpc) is 3.21. The SMILES string of the molecule is CCOC(=O)c1ccc(NC(=O)CSc2nnc3ccc(-c4ccncc4)nn23)cc1. The highest BCUT2D eigenvalue weighted by molar-refractivity contribution is 7.99. The number of thioether (sulfide) groups is 1. The minimum absolute atomic E-state index is 0.127. The maximum absolute atomic E-state index is 12.3. The number of carbonyl (C=O) groups is 2. The zero-order chi connectivity index (χ0) is 21.6. The molecule has 0 fully saturated rings. The summed E-state index contributed by atoms with van der Waals surface area (Å²) < 4.78 is 6.56. The van der Waals surface area contributed by atoms with Gasteiger partial charge in [-0.2, -0.15) is 9.61 Å². The van der Waals surface area contributed by atoms with Gasteiger partial charge in [-0.05, 0) is 55.5 Å². The van der Waals surface area contributed by atoms with Gasteiger partial charge in [0.15, 0.2) is 5.65 Å². The number of nitrogens with one attached hydrogen (secondary N) is 1. The number of rotatable bonds is 7. The van der Waals surface area contributed by atoms with Gasteiger partial charge in [0.1, 0.15) is 0 Å². The predicted molar refractivity (Wildman–Crippen MR) is 116 cm³/mol. The monoisotopic (exact) mass is 434 g/mol. The minimum atomic E-state index is -0.395. The molecule has 4 rings (SSSR count). The van der Waals surface area contributed by atoms with Gasteiger partial charge in [0.2, 0.25) is 11.1 Å². The second kappa shape index (κ2) is 9.35. The second-order valence-corrected chi connectivity index (χ2v) is 7.28. The molecule has 0 unspecified atom stereocenters. The Morgan fingerprint density at radius 1 is 1.03 bits per heavy atom. The largest absolute Gasteiger partial charge is 0.462 e. The van der Waals surface area contributed by atoms with Gasteiger partial charge in [-0.1, -0.05) is 11.8 Å². The third-order valence-corrected chi connectivity index (χ3v) is 5.14. The van der Waals surface area contributed by atoms with Crippen LogP contribution in [0.2, 0.25) is 0 Å². The van der Waals surface area contributed by atoms with Gasteiger partial charge in [0.05, 0.1) is 23.6 Å². The van der Waals surface area contributed by atoms with Crippen LogP contribution in [0, 0.1) is 0 Å². The average molecular weight is 434 g/mol. The van der Waals surface area contributed by atoms with E-state index in [1.165, 1.54) is 11.8 Å². The van der Waals surface area contributed by atoms with E-state index in [9.17, 15) is 9.59 Å². The number of fused-ring (bicyclic) bond motifs is 1. The summed E-state index contributed by atoms with van der Waals surface area (Å²) in [6.45, 7) is 2.06. The molecule has 9 nitrogen and oxygen atoms in total. The number of esters is 1. The molecule has 4 aromatic rings. The Hall–Kier alpha value is -3.79. The van der Waals surface area contributed by atoms with E-state index < -0.39 is 5.97 Å². The van der Waals surface area contributed by atoms with E-state index in [4.69, 9.17) is 4.74 Å². The van der Waals surface area contributed by atoms with Gasteiger partial charge in [-0.25, -0.2) is 4.79 Å². The summed E-state index contributed by atoms with van der Waals surface area (Å²) in [4.78, 5) is 28.1. The molecule has 1 aromatic carbocycles. The molecule has 0 spiro atoms. The summed E-state index contributed by atoms with van der Waals surface area (Å²) in [6.07, 6.45) is 3.40. The van der Waals surface area contributed by atoms with Crippen LogP contribution < -0.4 is 5.32 Å². The zero-order valence-electron chi connectivity index (χ0n) is 16.6. The molecule has 10 heteroatoms. The third kappa shape index (κ3) is 4.86. The van der Waals surface area contributed by atoms with Crippen LogP contribution >= 0.6 is 11.8 Å². The Labute approximate surface area is 181 Å².